The van der Waals surface area contributed by atoms with Crippen molar-refractivity contribution in [3.63, 3.8) is 0 Å². The van der Waals surface area contributed by atoms with E-state index in [1.807, 2.05) is 0 Å². The van der Waals surface area contributed by atoms with Crippen LogP contribution in [-0.2, 0) is 28.4 Å². The summed E-state index contributed by atoms with van der Waals surface area (Å²) < 4.78 is 37.0. The van der Waals surface area contributed by atoms with Gasteiger partial charge in [0, 0.05) is 12.3 Å². The highest BCUT2D eigenvalue weighted by Crippen LogP contribution is 2.71. The largest absolute Gasteiger partial charge is 0.394 e. The zero-order valence-corrected chi connectivity index (χ0v) is 31.2. The molecule has 8 rings (SSSR count). The van der Waals surface area contributed by atoms with Gasteiger partial charge in [-0.15, -0.1) is 0 Å². The highest BCUT2D eigenvalue weighted by Gasteiger charge is 2.69. The number of ether oxygens (including phenoxy) is 6. The molecule has 22 atom stereocenters. The van der Waals surface area contributed by atoms with Gasteiger partial charge in [0.15, 0.2) is 18.4 Å². The van der Waals surface area contributed by atoms with Gasteiger partial charge >= 0.3 is 0 Å². The third kappa shape index (κ3) is 5.98. The molecule has 7 N–H and O–H groups in total. The number of aliphatic hydroxyl groups excluding tert-OH is 7. The van der Waals surface area contributed by atoms with Crippen LogP contribution in [0.4, 0.5) is 0 Å². The van der Waals surface area contributed by atoms with Gasteiger partial charge in [-0.2, -0.15) is 0 Å². The average Bonchev–Trinajstić information content (AvgIpc) is 3.58. The molecule has 4 aliphatic carbocycles. The van der Waals surface area contributed by atoms with E-state index in [9.17, 15) is 35.7 Å². The fourth-order valence-corrected chi connectivity index (χ4v) is 13.2. The summed E-state index contributed by atoms with van der Waals surface area (Å²) in [5.74, 6) is 3.63. The van der Waals surface area contributed by atoms with Crippen molar-refractivity contribution in [3.05, 3.63) is 0 Å². The molecule has 0 radical (unpaired) electrons. The van der Waals surface area contributed by atoms with Crippen molar-refractivity contribution in [2.24, 2.45) is 52.3 Å². The van der Waals surface area contributed by atoms with Crippen molar-refractivity contribution in [3.8, 4) is 0 Å². The first-order chi connectivity index (χ1) is 24.7. The molecule has 0 bridgehead atoms. The summed E-state index contributed by atoms with van der Waals surface area (Å²) in [7, 11) is 0. The Bertz CT molecular complexity index is 1260. The second-order valence-corrected chi connectivity index (χ2v) is 18.7. The Balaban J connectivity index is 0.892. The summed E-state index contributed by atoms with van der Waals surface area (Å²) in [5.41, 5.74) is 0.468. The van der Waals surface area contributed by atoms with Crippen LogP contribution in [0.25, 0.3) is 0 Å². The van der Waals surface area contributed by atoms with Crippen LogP contribution in [0.15, 0.2) is 0 Å². The highest BCUT2D eigenvalue weighted by molar-refractivity contribution is 5.15. The third-order valence-corrected chi connectivity index (χ3v) is 16.2. The van der Waals surface area contributed by atoms with Crippen LogP contribution >= 0.6 is 0 Å². The Labute approximate surface area is 307 Å². The number of fused-ring (bicyclic) bond motifs is 7. The molecule has 4 heterocycles. The Morgan fingerprint density at radius 3 is 2.08 bits per heavy atom. The number of rotatable bonds is 6. The van der Waals surface area contributed by atoms with Crippen LogP contribution in [0.2, 0.25) is 0 Å². The summed E-state index contributed by atoms with van der Waals surface area (Å²) in [6.07, 6.45) is -3.66. The predicted octanol–water partition coefficient (Wildman–Crippen LogP) is 1.44. The van der Waals surface area contributed by atoms with Gasteiger partial charge in [-0.3, -0.25) is 0 Å². The van der Waals surface area contributed by atoms with Gasteiger partial charge in [0.05, 0.1) is 32.0 Å². The molecule has 0 aromatic heterocycles. The first-order valence-electron chi connectivity index (χ1n) is 20.3. The van der Waals surface area contributed by atoms with Crippen LogP contribution in [0, 0.1) is 52.3 Å². The van der Waals surface area contributed by atoms with Gasteiger partial charge in [-0.05, 0) is 104 Å². The minimum Gasteiger partial charge on any atom is -0.394 e. The van der Waals surface area contributed by atoms with Crippen LogP contribution in [0.5, 0.6) is 0 Å². The molecule has 4 aliphatic heterocycles. The topological polar surface area (TPSA) is 197 Å². The number of aliphatic hydroxyl groups is 7. The van der Waals surface area contributed by atoms with Gasteiger partial charge in [0.2, 0.25) is 0 Å². The maximum absolute atomic E-state index is 11.2. The molecule has 2 unspecified atom stereocenters. The van der Waals surface area contributed by atoms with Crippen molar-refractivity contribution < 1.29 is 64.2 Å². The normalized spacial score (nSPS) is 59.0. The highest BCUT2D eigenvalue weighted by atomic mass is 16.7. The van der Waals surface area contributed by atoms with Crippen LogP contribution in [0.1, 0.15) is 91.9 Å². The van der Waals surface area contributed by atoms with E-state index >= 15 is 0 Å². The SMILES string of the molecule is C[C@H]1CC[C@@]2(OC1)O[C@H]1C[C@H]3[C@@H]4CC[C@H]5CC(O[C@@H]6O[C@H](CO)C(O[C@@H]7O[C@H](CO)[C@@H](O)[C@H](O)[C@H]7O)[C@H](O)[C@@H]6O)CC[C@]5(C)[C@H]4CC[C@]3(C)[C@H]1[C@@H]2C. The maximum Gasteiger partial charge on any atom is 0.187 e. The van der Waals surface area contributed by atoms with Gasteiger partial charge in [-0.1, -0.05) is 27.7 Å². The summed E-state index contributed by atoms with van der Waals surface area (Å²) in [6, 6.07) is 0. The van der Waals surface area contributed by atoms with Crippen LogP contribution in [0.3, 0.4) is 0 Å². The Morgan fingerprint density at radius 2 is 1.37 bits per heavy atom. The minimum atomic E-state index is -1.71. The van der Waals surface area contributed by atoms with Crippen LogP contribution < -0.4 is 0 Å². The fraction of sp³-hybridized carbons (Fsp3) is 1.00. The van der Waals surface area contributed by atoms with E-state index < -0.39 is 80.4 Å². The molecule has 4 saturated carbocycles. The van der Waals surface area contributed by atoms with Crippen molar-refractivity contribution in [1.29, 1.82) is 0 Å². The van der Waals surface area contributed by atoms with Gasteiger partial charge < -0.3 is 64.2 Å². The first kappa shape index (κ1) is 38.4. The molecular weight excluding hydrogens is 676 g/mol. The lowest BCUT2D eigenvalue weighted by Crippen LogP contribution is -2.65. The third-order valence-electron chi connectivity index (χ3n) is 16.2. The average molecular weight is 741 g/mol. The van der Waals surface area contributed by atoms with E-state index in [4.69, 9.17) is 28.4 Å². The van der Waals surface area contributed by atoms with Crippen molar-refractivity contribution in [2.75, 3.05) is 19.8 Å². The first-order valence-corrected chi connectivity index (χ1v) is 20.3. The van der Waals surface area contributed by atoms with Crippen molar-refractivity contribution in [2.45, 2.75) is 171 Å². The van der Waals surface area contributed by atoms with E-state index in [0.29, 0.717) is 41.4 Å². The van der Waals surface area contributed by atoms with Gasteiger partial charge in [0.1, 0.15) is 48.8 Å². The van der Waals surface area contributed by atoms with E-state index in [0.717, 1.165) is 45.1 Å². The van der Waals surface area contributed by atoms with Crippen molar-refractivity contribution in [1.82, 2.24) is 0 Å². The van der Waals surface area contributed by atoms with Gasteiger partial charge in [0.25, 0.3) is 0 Å². The standard InChI is InChI=1S/C39H64O13/c1-18-7-12-39(47-17-18)19(2)28-25(52-39)14-24-22-6-5-20-13-21(8-10-37(20,3)23(22)9-11-38(24,28)4)48-35-33(46)31(44)34(27(16-41)50-35)51-36-32(45)30(43)29(42)26(15-40)49-36/h18-36,40-46H,5-17H2,1-4H3/t18-,19-,20-,21?,22+,23-,24-,25-,26+,27+,28-,29+,30-,31+,32+,33-,34?,35+,36-,37-,38-,39+/m0/s1. The molecule has 0 aromatic carbocycles. The molecular formula is C39H64O13. The maximum atomic E-state index is 11.2. The lowest BCUT2D eigenvalue weighted by molar-refractivity contribution is -0.364. The Hall–Kier alpha value is -0.520. The van der Waals surface area contributed by atoms with E-state index in [2.05, 4.69) is 27.7 Å². The second kappa shape index (κ2) is 14.1. The molecule has 0 amide bonds. The minimum absolute atomic E-state index is 0.188. The number of hydrogen-bond acceptors (Lipinski definition) is 13. The summed E-state index contributed by atoms with van der Waals surface area (Å²) >= 11 is 0. The molecule has 1 spiro atoms. The summed E-state index contributed by atoms with van der Waals surface area (Å²) in [5, 5.41) is 72.8. The molecule has 13 heteroatoms. The molecule has 4 saturated heterocycles. The van der Waals surface area contributed by atoms with E-state index in [1.165, 1.54) is 25.7 Å². The smallest absolute Gasteiger partial charge is 0.187 e. The number of hydrogen-bond donors (Lipinski definition) is 7. The quantitative estimate of drug-likeness (QED) is 0.194. The molecule has 8 aliphatic rings. The zero-order chi connectivity index (χ0) is 36.9. The monoisotopic (exact) mass is 740 g/mol. The Morgan fingerprint density at radius 1 is 0.673 bits per heavy atom. The van der Waals surface area contributed by atoms with Crippen LogP contribution in [-0.4, -0.2) is 135 Å². The summed E-state index contributed by atoms with van der Waals surface area (Å²) in [4.78, 5) is 0. The lowest BCUT2D eigenvalue weighted by Gasteiger charge is -2.61. The molecule has 298 valence electrons. The van der Waals surface area contributed by atoms with E-state index in [1.54, 1.807) is 0 Å². The Kier molecular flexibility index (Phi) is 10.4. The zero-order valence-electron chi connectivity index (χ0n) is 31.2. The molecule has 8 fully saturated rings. The van der Waals surface area contributed by atoms with E-state index in [-0.39, 0.29) is 23.0 Å². The molecule has 13 nitrogen and oxygen atoms in total. The molecule has 0 aromatic rings. The second-order valence-electron chi connectivity index (χ2n) is 18.7. The predicted molar refractivity (Wildman–Crippen MR) is 183 cm³/mol. The lowest BCUT2D eigenvalue weighted by atomic mass is 9.44. The molecule has 52 heavy (non-hydrogen) atoms. The summed E-state index contributed by atoms with van der Waals surface area (Å²) in [6.45, 7) is 9.33. The van der Waals surface area contributed by atoms with Crippen molar-refractivity contribution >= 4 is 0 Å². The van der Waals surface area contributed by atoms with Gasteiger partial charge in [-0.25, -0.2) is 0 Å². The fourth-order valence-electron chi connectivity index (χ4n) is 13.2.